The second-order valence-corrected chi connectivity index (χ2v) is 4.63. The molecule has 1 amide bonds. The highest BCUT2D eigenvalue weighted by Crippen LogP contribution is 2.22. The lowest BCUT2D eigenvalue weighted by Crippen LogP contribution is -2.40. The Kier molecular flexibility index (Phi) is 4.56. The predicted molar refractivity (Wildman–Crippen MR) is 53.6 cm³/mol. The van der Waals surface area contributed by atoms with E-state index in [-0.39, 0.29) is 17.9 Å². The fourth-order valence-electron chi connectivity index (χ4n) is 1.35. The van der Waals surface area contributed by atoms with Crippen molar-refractivity contribution in [2.45, 2.75) is 25.8 Å². The summed E-state index contributed by atoms with van der Waals surface area (Å²) in [6.07, 6.45) is 2.06. The Morgan fingerprint density at radius 2 is 2.54 bits per heavy atom. The molecule has 2 unspecified atom stereocenters. The number of carbonyl (C=O) groups excluding carboxylic acids is 1. The molecule has 1 heterocycles. The standard InChI is InChI=1S/C9H16FNOS/c1-7(5-10)11-9(12)8-3-2-4-13-6-8/h7-8H,2-6H2,1H3,(H,11,12). The van der Waals surface area contributed by atoms with Gasteiger partial charge in [0.25, 0.3) is 0 Å². The van der Waals surface area contributed by atoms with Crippen LogP contribution < -0.4 is 5.32 Å². The van der Waals surface area contributed by atoms with Gasteiger partial charge in [0, 0.05) is 11.7 Å². The van der Waals surface area contributed by atoms with E-state index >= 15 is 0 Å². The molecule has 1 aliphatic rings. The minimum absolute atomic E-state index is 0.0253. The van der Waals surface area contributed by atoms with Crippen LogP contribution in [0.4, 0.5) is 4.39 Å². The van der Waals surface area contributed by atoms with Crippen molar-refractivity contribution in [2.24, 2.45) is 5.92 Å². The summed E-state index contributed by atoms with van der Waals surface area (Å²) in [6, 6.07) is -0.334. The molecule has 0 radical (unpaired) electrons. The maximum Gasteiger partial charge on any atom is 0.224 e. The van der Waals surface area contributed by atoms with E-state index in [0.717, 1.165) is 24.3 Å². The number of rotatable bonds is 3. The molecule has 0 aromatic carbocycles. The van der Waals surface area contributed by atoms with Crippen molar-refractivity contribution in [1.29, 1.82) is 0 Å². The SMILES string of the molecule is CC(CF)NC(=O)C1CCCSC1. The molecule has 76 valence electrons. The Balaban J connectivity index is 2.29. The van der Waals surface area contributed by atoms with Gasteiger partial charge in [-0.1, -0.05) is 0 Å². The maximum absolute atomic E-state index is 12.1. The molecule has 1 fully saturated rings. The molecule has 1 saturated heterocycles. The van der Waals surface area contributed by atoms with E-state index in [1.54, 1.807) is 6.92 Å². The third-order valence-electron chi connectivity index (χ3n) is 2.15. The van der Waals surface area contributed by atoms with E-state index < -0.39 is 6.67 Å². The van der Waals surface area contributed by atoms with Crippen LogP contribution in [0.5, 0.6) is 0 Å². The van der Waals surface area contributed by atoms with Crippen molar-refractivity contribution in [2.75, 3.05) is 18.2 Å². The third kappa shape index (κ3) is 3.55. The number of halogens is 1. The predicted octanol–water partition coefficient (Wildman–Crippen LogP) is 1.60. The summed E-state index contributed by atoms with van der Waals surface area (Å²) in [5.74, 6) is 2.18. The van der Waals surface area contributed by atoms with Crippen molar-refractivity contribution in [3.05, 3.63) is 0 Å². The molecule has 0 bridgehead atoms. The summed E-state index contributed by atoms with van der Waals surface area (Å²) in [7, 11) is 0. The Bertz CT molecular complexity index is 171. The van der Waals surface area contributed by atoms with Crippen molar-refractivity contribution in [1.82, 2.24) is 5.32 Å². The number of hydrogen-bond acceptors (Lipinski definition) is 2. The number of amides is 1. The average Bonchev–Trinajstić information content (AvgIpc) is 2.19. The number of alkyl halides is 1. The van der Waals surface area contributed by atoms with Crippen molar-refractivity contribution in [3.63, 3.8) is 0 Å². The normalized spacial score (nSPS) is 25.2. The Hall–Kier alpha value is -0.250. The smallest absolute Gasteiger partial charge is 0.224 e. The van der Waals surface area contributed by atoms with Gasteiger partial charge in [0.2, 0.25) is 5.91 Å². The first kappa shape index (κ1) is 10.8. The number of carbonyl (C=O) groups is 1. The zero-order chi connectivity index (χ0) is 9.68. The van der Waals surface area contributed by atoms with E-state index in [0.29, 0.717) is 0 Å². The Morgan fingerprint density at radius 3 is 3.08 bits per heavy atom. The monoisotopic (exact) mass is 205 g/mol. The molecular formula is C9H16FNOS. The van der Waals surface area contributed by atoms with E-state index in [9.17, 15) is 9.18 Å². The lowest BCUT2D eigenvalue weighted by molar-refractivity contribution is -0.125. The van der Waals surface area contributed by atoms with E-state index in [1.165, 1.54) is 0 Å². The van der Waals surface area contributed by atoms with Crippen LogP contribution in [-0.4, -0.2) is 30.1 Å². The Labute approximate surface area is 82.7 Å². The van der Waals surface area contributed by atoms with Crippen molar-refractivity contribution in [3.8, 4) is 0 Å². The lowest BCUT2D eigenvalue weighted by Gasteiger charge is -2.21. The Morgan fingerprint density at radius 1 is 1.77 bits per heavy atom. The summed E-state index contributed by atoms with van der Waals surface area (Å²) >= 11 is 1.81. The molecule has 13 heavy (non-hydrogen) atoms. The van der Waals surface area contributed by atoms with Crippen LogP contribution in [0, 0.1) is 5.92 Å². The first-order valence-corrected chi connectivity index (χ1v) is 5.83. The van der Waals surface area contributed by atoms with Crippen LogP contribution in [0.1, 0.15) is 19.8 Å². The third-order valence-corrected chi connectivity index (χ3v) is 3.37. The van der Waals surface area contributed by atoms with Crippen molar-refractivity contribution >= 4 is 17.7 Å². The molecule has 1 N–H and O–H groups in total. The van der Waals surface area contributed by atoms with Gasteiger partial charge in [-0.2, -0.15) is 11.8 Å². The van der Waals surface area contributed by atoms with Crippen LogP contribution in [-0.2, 0) is 4.79 Å². The average molecular weight is 205 g/mol. The largest absolute Gasteiger partial charge is 0.351 e. The molecule has 2 nitrogen and oxygen atoms in total. The van der Waals surface area contributed by atoms with E-state index in [4.69, 9.17) is 0 Å². The molecule has 1 aliphatic heterocycles. The van der Waals surface area contributed by atoms with Gasteiger partial charge in [0.15, 0.2) is 0 Å². The number of nitrogens with one attached hydrogen (secondary N) is 1. The second-order valence-electron chi connectivity index (χ2n) is 3.48. The summed E-state index contributed by atoms with van der Waals surface area (Å²) in [5.41, 5.74) is 0. The zero-order valence-electron chi connectivity index (χ0n) is 7.88. The van der Waals surface area contributed by atoms with Crippen LogP contribution in [0.25, 0.3) is 0 Å². The fraction of sp³-hybridized carbons (Fsp3) is 0.889. The zero-order valence-corrected chi connectivity index (χ0v) is 8.70. The summed E-state index contributed by atoms with van der Waals surface area (Å²) in [6.45, 7) is 1.21. The summed E-state index contributed by atoms with van der Waals surface area (Å²) in [4.78, 5) is 11.5. The highest BCUT2D eigenvalue weighted by molar-refractivity contribution is 7.99. The van der Waals surface area contributed by atoms with E-state index in [1.807, 2.05) is 11.8 Å². The van der Waals surface area contributed by atoms with E-state index in [2.05, 4.69) is 5.32 Å². The quantitative estimate of drug-likeness (QED) is 0.758. The first-order valence-electron chi connectivity index (χ1n) is 4.68. The molecule has 0 saturated carbocycles. The van der Waals surface area contributed by atoms with Gasteiger partial charge in [0.1, 0.15) is 6.67 Å². The summed E-state index contributed by atoms with van der Waals surface area (Å²) < 4.78 is 12.1. The topological polar surface area (TPSA) is 29.1 Å². The molecular weight excluding hydrogens is 189 g/mol. The van der Waals surface area contributed by atoms with Gasteiger partial charge in [-0.05, 0) is 25.5 Å². The minimum Gasteiger partial charge on any atom is -0.351 e. The van der Waals surface area contributed by atoms with Gasteiger partial charge < -0.3 is 5.32 Å². The highest BCUT2D eigenvalue weighted by atomic mass is 32.2. The fourth-order valence-corrected chi connectivity index (χ4v) is 2.49. The van der Waals surface area contributed by atoms with Crippen LogP contribution in [0.15, 0.2) is 0 Å². The lowest BCUT2D eigenvalue weighted by atomic mass is 10.0. The van der Waals surface area contributed by atoms with Gasteiger partial charge in [-0.3, -0.25) is 4.79 Å². The van der Waals surface area contributed by atoms with Crippen LogP contribution in [0.3, 0.4) is 0 Å². The van der Waals surface area contributed by atoms with Gasteiger partial charge in [-0.15, -0.1) is 0 Å². The maximum atomic E-state index is 12.1. The van der Waals surface area contributed by atoms with Gasteiger partial charge >= 0.3 is 0 Å². The molecule has 0 spiro atoms. The first-order chi connectivity index (χ1) is 6.24. The number of hydrogen-bond donors (Lipinski definition) is 1. The van der Waals surface area contributed by atoms with Crippen LogP contribution >= 0.6 is 11.8 Å². The van der Waals surface area contributed by atoms with Crippen molar-refractivity contribution < 1.29 is 9.18 Å². The molecule has 0 aromatic heterocycles. The highest BCUT2D eigenvalue weighted by Gasteiger charge is 2.22. The minimum atomic E-state index is -0.481. The van der Waals surface area contributed by atoms with Gasteiger partial charge in [0.05, 0.1) is 6.04 Å². The number of thioether (sulfide) groups is 1. The molecule has 4 heteroatoms. The second kappa shape index (κ2) is 5.47. The molecule has 2 atom stereocenters. The van der Waals surface area contributed by atoms with Crippen LogP contribution in [0.2, 0.25) is 0 Å². The summed E-state index contributed by atoms with van der Waals surface area (Å²) in [5, 5.41) is 2.67. The molecule has 1 rings (SSSR count). The molecule has 0 aromatic rings. The molecule has 0 aliphatic carbocycles. The van der Waals surface area contributed by atoms with Gasteiger partial charge in [-0.25, -0.2) is 4.39 Å².